The van der Waals surface area contributed by atoms with E-state index in [2.05, 4.69) is 6.92 Å². The van der Waals surface area contributed by atoms with Crippen LogP contribution in [0.5, 0.6) is 23.0 Å². The average Bonchev–Trinajstić information content (AvgIpc) is 3.35. The highest BCUT2D eigenvalue weighted by atomic mass is 16.7. The van der Waals surface area contributed by atoms with E-state index in [1.807, 2.05) is 48.6 Å². The van der Waals surface area contributed by atoms with Crippen LogP contribution in [0.4, 0.5) is 0 Å². The summed E-state index contributed by atoms with van der Waals surface area (Å²) in [7, 11) is 0. The smallest absolute Gasteiger partial charge is 0.231 e. The zero-order valence-electron chi connectivity index (χ0n) is 15.6. The molecule has 1 fully saturated rings. The zero-order valence-corrected chi connectivity index (χ0v) is 15.6. The second-order valence-electron chi connectivity index (χ2n) is 7.26. The van der Waals surface area contributed by atoms with Gasteiger partial charge in [-0.3, -0.25) is 4.79 Å². The number of ether oxygens (including phenoxy) is 4. The van der Waals surface area contributed by atoms with E-state index in [9.17, 15) is 4.79 Å². The molecule has 5 rings (SSSR count). The maximum Gasteiger partial charge on any atom is 0.231 e. The van der Waals surface area contributed by atoms with Gasteiger partial charge in [-0.1, -0.05) is 19.1 Å². The molecule has 0 aromatic heterocycles. The standard InChI is InChI=1S/C23H20O5/c1-14-2-5-17(8-15-3-6-19-21(10-15)27-12-25-19)23(24)18(14)9-16-4-7-20-22(11-16)28-13-26-20/h3-4,6-11,14H,2,5,12-13H2,1H3/b17-8+,18-9?/t14-/m0/s1. The molecule has 1 aliphatic carbocycles. The van der Waals surface area contributed by atoms with E-state index in [0.717, 1.165) is 58.1 Å². The van der Waals surface area contributed by atoms with Gasteiger partial charge in [0.05, 0.1) is 0 Å². The van der Waals surface area contributed by atoms with Crippen LogP contribution in [0, 0.1) is 5.92 Å². The number of fused-ring (bicyclic) bond motifs is 2. The number of ketones is 1. The fourth-order valence-electron chi connectivity index (χ4n) is 3.78. The van der Waals surface area contributed by atoms with Crippen LogP contribution in [0.25, 0.3) is 12.2 Å². The minimum atomic E-state index is 0.106. The van der Waals surface area contributed by atoms with Gasteiger partial charge in [-0.2, -0.15) is 0 Å². The van der Waals surface area contributed by atoms with Crippen LogP contribution in [0.2, 0.25) is 0 Å². The van der Waals surface area contributed by atoms with Gasteiger partial charge in [0.2, 0.25) is 13.6 Å². The average molecular weight is 376 g/mol. The molecule has 0 bridgehead atoms. The number of carbonyl (C=O) groups excluding carboxylic acids is 1. The summed E-state index contributed by atoms with van der Waals surface area (Å²) >= 11 is 0. The monoisotopic (exact) mass is 376 g/mol. The number of allylic oxidation sites excluding steroid dienone is 2. The SMILES string of the molecule is C[C@H]1CC/C(=C\c2ccc3c(c2)OCO3)C(=O)C1=Cc1ccc2c(c1)OCO2. The lowest BCUT2D eigenvalue weighted by atomic mass is 9.80. The Bertz CT molecular complexity index is 1020. The van der Waals surface area contributed by atoms with Crippen molar-refractivity contribution in [3.8, 4) is 23.0 Å². The summed E-state index contributed by atoms with van der Waals surface area (Å²) < 4.78 is 21.6. The molecule has 28 heavy (non-hydrogen) atoms. The molecule has 1 atom stereocenters. The number of benzene rings is 2. The van der Waals surface area contributed by atoms with E-state index in [-0.39, 0.29) is 25.3 Å². The van der Waals surface area contributed by atoms with Crippen molar-refractivity contribution in [3.05, 3.63) is 58.7 Å². The fourth-order valence-corrected chi connectivity index (χ4v) is 3.78. The molecule has 0 unspecified atom stereocenters. The lowest BCUT2D eigenvalue weighted by molar-refractivity contribution is -0.113. The first kappa shape index (κ1) is 16.9. The van der Waals surface area contributed by atoms with E-state index in [1.54, 1.807) is 0 Å². The Labute approximate surface area is 163 Å². The number of Topliss-reactive ketones (excluding diaryl/α,β-unsaturated/α-hetero) is 1. The van der Waals surface area contributed by atoms with Crippen molar-refractivity contribution in [2.75, 3.05) is 13.6 Å². The molecule has 0 amide bonds. The molecule has 5 nitrogen and oxygen atoms in total. The highest BCUT2D eigenvalue weighted by Gasteiger charge is 2.27. The topological polar surface area (TPSA) is 54.0 Å². The molecule has 5 heteroatoms. The van der Waals surface area contributed by atoms with Crippen molar-refractivity contribution in [2.45, 2.75) is 19.8 Å². The summed E-state index contributed by atoms with van der Waals surface area (Å²) in [5.74, 6) is 3.26. The molecule has 3 aliphatic rings. The molecule has 2 aromatic rings. The van der Waals surface area contributed by atoms with Crippen molar-refractivity contribution in [1.29, 1.82) is 0 Å². The molecular formula is C23H20O5. The second kappa shape index (κ2) is 6.75. The maximum atomic E-state index is 13.2. The van der Waals surface area contributed by atoms with E-state index in [0.29, 0.717) is 0 Å². The molecule has 0 spiro atoms. The number of hydrogen-bond donors (Lipinski definition) is 0. The summed E-state index contributed by atoms with van der Waals surface area (Å²) in [6, 6.07) is 11.5. The lowest BCUT2D eigenvalue weighted by Gasteiger charge is -2.23. The number of rotatable bonds is 2. The number of carbonyl (C=O) groups is 1. The molecule has 1 saturated carbocycles. The van der Waals surface area contributed by atoms with Crippen LogP contribution in [0.3, 0.4) is 0 Å². The minimum Gasteiger partial charge on any atom is -0.454 e. The Morgan fingerprint density at radius 1 is 0.821 bits per heavy atom. The van der Waals surface area contributed by atoms with Crippen molar-refractivity contribution < 1.29 is 23.7 Å². The van der Waals surface area contributed by atoms with E-state index in [4.69, 9.17) is 18.9 Å². The van der Waals surface area contributed by atoms with E-state index in [1.165, 1.54) is 0 Å². The van der Waals surface area contributed by atoms with Crippen LogP contribution in [0.1, 0.15) is 30.9 Å². The molecule has 0 N–H and O–H groups in total. The predicted octanol–water partition coefficient (Wildman–Crippen LogP) is 4.61. The minimum absolute atomic E-state index is 0.106. The Balaban J connectivity index is 1.45. The van der Waals surface area contributed by atoms with Crippen LogP contribution in [-0.4, -0.2) is 19.4 Å². The van der Waals surface area contributed by atoms with Gasteiger partial charge in [0.15, 0.2) is 28.8 Å². The van der Waals surface area contributed by atoms with Gasteiger partial charge in [-0.15, -0.1) is 0 Å². The zero-order chi connectivity index (χ0) is 19.1. The van der Waals surface area contributed by atoms with Gasteiger partial charge in [-0.05, 0) is 66.3 Å². The lowest BCUT2D eigenvalue weighted by Crippen LogP contribution is -2.19. The normalized spacial score (nSPS) is 22.9. The van der Waals surface area contributed by atoms with Gasteiger partial charge in [0, 0.05) is 11.1 Å². The Hall–Kier alpha value is -3.21. The molecule has 2 aromatic carbocycles. The first-order valence-electron chi connectivity index (χ1n) is 9.43. The van der Waals surface area contributed by atoms with Crippen molar-refractivity contribution in [1.82, 2.24) is 0 Å². The van der Waals surface area contributed by atoms with E-state index < -0.39 is 0 Å². The second-order valence-corrected chi connectivity index (χ2v) is 7.26. The summed E-state index contributed by atoms with van der Waals surface area (Å²) in [6.07, 6.45) is 5.65. The van der Waals surface area contributed by atoms with Gasteiger partial charge in [-0.25, -0.2) is 0 Å². The van der Waals surface area contributed by atoms with Gasteiger partial charge < -0.3 is 18.9 Å². The summed E-state index contributed by atoms with van der Waals surface area (Å²) in [4.78, 5) is 13.2. The third-order valence-corrected chi connectivity index (χ3v) is 5.39. The van der Waals surface area contributed by atoms with Gasteiger partial charge in [0.25, 0.3) is 0 Å². The van der Waals surface area contributed by atoms with Crippen LogP contribution in [0.15, 0.2) is 47.5 Å². The quantitative estimate of drug-likeness (QED) is 0.717. The molecule has 0 saturated heterocycles. The van der Waals surface area contributed by atoms with Gasteiger partial charge in [0.1, 0.15) is 0 Å². The molecular weight excluding hydrogens is 356 g/mol. The van der Waals surface area contributed by atoms with Crippen molar-refractivity contribution in [3.63, 3.8) is 0 Å². The van der Waals surface area contributed by atoms with E-state index >= 15 is 0 Å². The number of hydrogen-bond acceptors (Lipinski definition) is 5. The molecule has 2 heterocycles. The van der Waals surface area contributed by atoms with Crippen LogP contribution < -0.4 is 18.9 Å². The molecule has 142 valence electrons. The first-order valence-corrected chi connectivity index (χ1v) is 9.43. The summed E-state index contributed by atoms with van der Waals surface area (Å²) in [5.41, 5.74) is 3.55. The largest absolute Gasteiger partial charge is 0.454 e. The third kappa shape index (κ3) is 3.03. The third-order valence-electron chi connectivity index (χ3n) is 5.39. The van der Waals surface area contributed by atoms with Crippen LogP contribution in [-0.2, 0) is 4.79 Å². The Morgan fingerprint density at radius 3 is 2.04 bits per heavy atom. The maximum absolute atomic E-state index is 13.2. The van der Waals surface area contributed by atoms with Crippen molar-refractivity contribution >= 4 is 17.9 Å². The summed E-state index contributed by atoms with van der Waals surface area (Å²) in [6.45, 7) is 2.59. The summed E-state index contributed by atoms with van der Waals surface area (Å²) in [5, 5.41) is 0. The van der Waals surface area contributed by atoms with Gasteiger partial charge >= 0.3 is 0 Å². The van der Waals surface area contributed by atoms with Crippen LogP contribution >= 0.6 is 0 Å². The highest BCUT2D eigenvalue weighted by molar-refractivity contribution is 6.14. The first-order chi connectivity index (χ1) is 13.7. The fraction of sp³-hybridized carbons (Fsp3) is 0.261. The highest BCUT2D eigenvalue weighted by Crippen LogP contribution is 2.37. The predicted molar refractivity (Wildman–Crippen MR) is 104 cm³/mol. The Kier molecular flexibility index (Phi) is 4.08. The molecule has 0 radical (unpaired) electrons. The Morgan fingerprint density at radius 2 is 1.39 bits per heavy atom. The van der Waals surface area contributed by atoms with Crippen molar-refractivity contribution in [2.24, 2.45) is 5.92 Å². The molecule has 2 aliphatic heterocycles.